The Labute approximate surface area is 157 Å². The van der Waals surface area contributed by atoms with Crippen molar-refractivity contribution in [2.24, 2.45) is 5.14 Å². The van der Waals surface area contributed by atoms with Crippen LogP contribution >= 0.6 is 0 Å². The van der Waals surface area contributed by atoms with E-state index in [9.17, 15) is 18.0 Å². The molecule has 9 heteroatoms. The fourth-order valence-corrected chi connectivity index (χ4v) is 2.74. The van der Waals surface area contributed by atoms with Crippen molar-refractivity contribution in [1.82, 2.24) is 4.72 Å². The Kier molecular flexibility index (Phi) is 7.47. The maximum atomic E-state index is 12.2. The van der Waals surface area contributed by atoms with E-state index in [1.165, 1.54) is 0 Å². The minimum Gasteiger partial charge on any atom is -0.461 e. The van der Waals surface area contributed by atoms with Gasteiger partial charge in [-0.05, 0) is 11.1 Å². The summed E-state index contributed by atoms with van der Waals surface area (Å²) in [7, 11) is -4.22. The monoisotopic (exact) mass is 392 g/mol. The minimum atomic E-state index is -4.22. The van der Waals surface area contributed by atoms with Gasteiger partial charge in [-0.1, -0.05) is 60.7 Å². The van der Waals surface area contributed by atoms with Gasteiger partial charge in [-0.3, -0.25) is 9.59 Å². The lowest BCUT2D eigenvalue weighted by molar-refractivity contribution is -0.153. The van der Waals surface area contributed by atoms with Gasteiger partial charge in [-0.15, -0.1) is 0 Å². The number of esters is 2. The fourth-order valence-electron chi connectivity index (χ4n) is 2.16. The highest BCUT2D eigenvalue weighted by atomic mass is 32.2. The van der Waals surface area contributed by atoms with Gasteiger partial charge < -0.3 is 9.47 Å². The first kappa shape index (κ1) is 20.6. The van der Waals surface area contributed by atoms with E-state index in [1.54, 1.807) is 54.6 Å². The van der Waals surface area contributed by atoms with E-state index in [0.29, 0.717) is 5.56 Å². The molecule has 2 rings (SSSR count). The van der Waals surface area contributed by atoms with E-state index < -0.39 is 34.6 Å². The van der Waals surface area contributed by atoms with Crippen LogP contribution in [0.3, 0.4) is 0 Å². The van der Waals surface area contributed by atoms with Gasteiger partial charge in [-0.2, -0.15) is 13.1 Å². The quantitative estimate of drug-likeness (QED) is 0.614. The number of carbonyl (C=O) groups excluding carboxylic acids is 2. The SMILES string of the molecule is NS(=O)(=O)N[C@@H](CC(=O)OCc1ccccc1)C(=O)OCc1ccccc1. The van der Waals surface area contributed by atoms with Gasteiger partial charge in [0.15, 0.2) is 0 Å². The standard InChI is InChI=1S/C18H20N2O6S/c19-27(23,24)20-16(18(22)26-13-15-9-5-2-6-10-15)11-17(21)25-12-14-7-3-1-4-8-14/h1-10,16,20H,11-13H2,(H2,19,23,24)/t16-/m0/s1. The number of rotatable bonds is 9. The highest BCUT2D eigenvalue weighted by Crippen LogP contribution is 2.07. The third-order valence-corrected chi connectivity index (χ3v) is 4.04. The van der Waals surface area contributed by atoms with Crippen LogP contribution in [0.2, 0.25) is 0 Å². The maximum absolute atomic E-state index is 12.2. The van der Waals surface area contributed by atoms with Crippen molar-refractivity contribution in [3.8, 4) is 0 Å². The number of hydrogen-bond donors (Lipinski definition) is 2. The van der Waals surface area contributed by atoms with Crippen molar-refractivity contribution in [2.75, 3.05) is 0 Å². The molecule has 0 aliphatic carbocycles. The first-order valence-corrected chi connectivity index (χ1v) is 9.58. The zero-order chi connectivity index (χ0) is 19.7. The largest absolute Gasteiger partial charge is 0.461 e. The minimum absolute atomic E-state index is 0.000825. The molecule has 0 heterocycles. The molecule has 27 heavy (non-hydrogen) atoms. The van der Waals surface area contributed by atoms with Crippen molar-refractivity contribution in [3.05, 3.63) is 71.8 Å². The molecule has 0 aromatic heterocycles. The second-order valence-corrected chi connectivity index (χ2v) is 6.98. The normalized spacial score (nSPS) is 12.2. The van der Waals surface area contributed by atoms with Gasteiger partial charge in [0.25, 0.3) is 10.2 Å². The summed E-state index contributed by atoms with van der Waals surface area (Å²) in [5.41, 5.74) is 1.47. The van der Waals surface area contributed by atoms with Crippen LogP contribution in [0.5, 0.6) is 0 Å². The lowest BCUT2D eigenvalue weighted by atomic mass is 10.2. The van der Waals surface area contributed by atoms with Gasteiger partial charge in [0, 0.05) is 0 Å². The predicted octanol–water partition coefficient (Wildman–Crippen LogP) is 1.03. The Morgan fingerprint density at radius 3 is 1.85 bits per heavy atom. The smallest absolute Gasteiger partial charge is 0.325 e. The summed E-state index contributed by atoms with van der Waals surface area (Å²) < 4.78 is 34.6. The molecule has 0 amide bonds. The van der Waals surface area contributed by atoms with Crippen LogP contribution in [0.1, 0.15) is 17.5 Å². The Morgan fingerprint density at radius 2 is 1.37 bits per heavy atom. The van der Waals surface area contributed by atoms with Crippen LogP contribution in [0.4, 0.5) is 0 Å². The first-order valence-electron chi connectivity index (χ1n) is 8.03. The van der Waals surface area contributed by atoms with Crippen molar-refractivity contribution in [1.29, 1.82) is 0 Å². The van der Waals surface area contributed by atoms with E-state index in [4.69, 9.17) is 14.6 Å². The summed E-state index contributed by atoms with van der Waals surface area (Å²) in [5, 5.41) is 4.92. The van der Waals surface area contributed by atoms with Crippen LogP contribution in [0.15, 0.2) is 60.7 Å². The van der Waals surface area contributed by atoms with Crippen LogP contribution in [0.25, 0.3) is 0 Å². The molecule has 0 aliphatic rings. The number of nitrogens with two attached hydrogens (primary N) is 1. The summed E-state index contributed by atoms with van der Waals surface area (Å²) >= 11 is 0. The maximum Gasteiger partial charge on any atom is 0.325 e. The van der Waals surface area contributed by atoms with Gasteiger partial charge in [0.1, 0.15) is 19.3 Å². The molecule has 0 aliphatic heterocycles. The highest BCUT2D eigenvalue weighted by molar-refractivity contribution is 7.87. The topological polar surface area (TPSA) is 125 Å². The number of carbonyl (C=O) groups is 2. The molecule has 0 unspecified atom stereocenters. The van der Waals surface area contributed by atoms with Crippen molar-refractivity contribution in [2.45, 2.75) is 25.7 Å². The number of nitrogens with one attached hydrogen (secondary N) is 1. The van der Waals surface area contributed by atoms with Crippen LogP contribution in [0, 0.1) is 0 Å². The zero-order valence-electron chi connectivity index (χ0n) is 14.4. The summed E-state index contributed by atoms with van der Waals surface area (Å²) in [5.74, 6) is -1.69. The van der Waals surface area contributed by atoms with Crippen molar-refractivity contribution < 1.29 is 27.5 Å². The van der Waals surface area contributed by atoms with Crippen molar-refractivity contribution >= 4 is 22.1 Å². The molecule has 2 aromatic rings. The number of ether oxygens (including phenoxy) is 2. The third kappa shape index (κ3) is 7.99. The molecule has 0 saturated carbocycles. The van der Waals surface area contributed by atoms with E-state index in [0.717, 1.165) is 5.56 Å². The second kappa shape index (κ2) is 9.81. The molecule has 0 radical (unpaired) electrons. The van der Waals surface area contributed by atoms with Gasteiger partial charge in [0.05, 0.1) is 6.42 Å². The molecule has 0 bridgehead atoms. The van der Waals surface area contributed by atoms with Crippen LogP contribution < -0.4 is 9.86 Å². The van der Waals surface area contributed by atoms with E-state index in [1.807, 2.05) is 10.8 Å². The van der Waals surface area contributed by atoms with Gasteiger partial charge in [-0.25, -0.2) is 5.14 Å². The molecule has 2 aromatic carbocycles. The summed E-state index contributed by atoms with van der Waals surface area (Å²) in [6.07, 6.45) is -0.545. The zero-order valence-corrected chi connectivity index (χ0v) is 15.2. The summed E-state index contributed by atoms with van der Waals surface area (Å²) in [4.78, 5) is 24.2. The molecule has 8 nitrogen and oxygen atoms in total. The Bertz CT molecular complexity index is 856. The Balaban J connectivity index is 1.93. The lowest BCUT2D eigenvalue weighted by Gasteiger charge is -2.16. The van der Waals surface area contributed by atoms with E-state index in [2.05, 4.69) is 0 Å². The molecule has 0 saturated heterocycles. The fraction of sp³-hybridized carbons (Fsp3) is 0.222. The average Bonchev–Trinajstić information content (AvgIpc) is 2.64. The van der Waals surface area contributed by atoms with Crippen LogP contribution in [-0.4, -0.2) is 26.4 Å². The van der Waals surface area contributed by atoms with Crippen molar-refractivity contribution in [3.63, 3.8) is 0 Å². The summed E-state index contributed by atoms with van der Waals surface area (Å²) in [6, 6.07) is 16.3. The first-order chi connectivity index (χ1) is 12.8. The molecule has 0 fully saturated rings. The highest BCUT2D eigenvalue weighted by Gasteiger charge is 2.27. The third-order valence-electron chi connectivity index (χ3n) is 3.43. The van der Waals surface area contributed by atoms with E-state index in [-0.39, 0.29) is 13.2 Å². The number of benzene rings is 2. The lowest BCUT2D eigenvalue weighted by Crippen LogP contribution is -2.46. The van der Waals surface area contributed by atoms with Gasteiger partial charge >= 0.3 is 11.9 Å². The summed E-state index contributed by atoms with van der Waals surface area (Å²) in [6.45, 7) is -0.0671. The van der Waals surface area contributed by atoms with Gasteiger partial charge in [0.2, 0.25) is 0 Å². The Morgan fingerprint density at radius 1 is 0.889 bits per heavy atom. The number of hydrogen-bond acceptors (Lipinski definition) is 6. The molecule has 144 valence electrons. The molecule has 3 N–H and O–H groups in total. The van der Waals surface area contributed by atoms with E-state index >= 15 is 0 Å². The molecule has 1 atom stereocenters. The average molecular weight is 392 g/mol. The molecular formula is C18H20N2O6S. The molecular weight excluding hydrogens is 372 g/mol. The second-order valence-electron chi connectivity index (χ2n) is 5.66. The Hall–Kier alpha value is -2.75. The predicted molar refractivity (Wildman–Crippen MR) is 97.1 cm³/mol. The van der Waals surface area contributed by atoms with Crippen LogP contribution in [-0.2, 0) is 42.5 Å². The molecule has 0 spiro atoms.